The van der Waals surface area contributed by atoms with E-state index in [1.807, 2.05) is 0 Å². The van der Waals surface area contributed by atoms with E-state index in [-0.39, 0.29) is 5.41 Å². The molecule has 0 fully saturated rings. The van der Waals surface area contributed by atoms with Crippen LogP contribution in [0.1, 0.15) is 47.2 Å². The third-order valence-corrected chi connectivity index (χ3v) is 14.7. The van der Waals surface area contributed by atoms with E-state index in [1.54, 1.807) is 0 Å². The number of anilines is 3. The van der Waals surface area contributed by atoms with Gasteiger partial charge in [-0.2, -0.15) is 0 Å². The smallest absolute Gasteiger partial charge is 0.0731 e. The molecule has 0 N–H and O–H groups in total. The summed E-state index contributed by atoms with van der Waals surface area (Å²) in [6, 6.07) is 88.1. The standard InChI is InChI=1S/C64H45N/c1-63(2)57-26-10-6-20-51(57)55-39-38-49(41-61(55)63)65(47-36-34-43(35-37-47)42-16-4-3-5-17-42)48-19-14-18-46(40-48)44-30-32-45(33-31-44)50-24-15-25-56-54-23-9-13-29-60(54)64(62(50)56)58-27-11-7-21-52(58)53-22-8-12-28-59(53)64/h3-41H,1-2H3. The van der Waals surface area contributed by atoms with Gasteiger partial charge in [-0.25, -0.2) is 0 Å². The molecular weight excluding hydrogens is 783 g/mol. The highest BCUT2D eigenvalue weighted by Gasteiger charge is 2.52. The Bertz CT molecular complexity index is 3440. The molecular formula is C64H45N. The minimum Gasteiger partial charge on any atom is -0.310 e. The Kier molecular flexibility index (Phi) is 8.24. The average Bonchev–Trinajstić information content (AvgIpc) is 3.93. The monoisotopic (exact) mass is 827 g/mol. The van der Waals surface area contributed by atoms with Crippen molar-refractivity contribution in [2.24, 2.45) is 0 Å². The van der Waals surface area contributed by atoms with Gasteiger partial charge in [-0.1, -0.05) is 214 Å². The van der Waals surface area contributed by atoms with E-state index in [4.69, 9.17) is 0 Å². The molecule has 1 spiro atoms. The van der Waals surface area contributed by atoms with Crippen LogP contribution in [0.15, 0.2) is 237 Å². The largest absolute Gasteiger partial charge is 0.310 e. The molecule has 0 saturated heterocycles. The summed E-state index contributed by atoms with van der Waals surface area (Å²) in [5.41, 5.74) is 26.3. The molecule has 0 radical (unpaired) electrons. The Hall–Kier alpha value is -8.00. The van der Waals surface area contributed by atoms with Crippen LogP contribution in [0.2, 0.25) is 0 Å². The summed E-state index contributed by atoms with van der Waals surface area (Å²) in [5.74, 6) is 0. The summed E-state index contributed by atoms with van der Waals surface area (Å²) in [6.07, 6.45) is 0. The van der Waals surface area contributed by atoms with E-state index < -0.39 is 5.41 Å². The summed E-state index contributed by atoms with van der Waals surface area (Å²) in [5, 5.41) is 0. The third kappa shape index (κ3) is 5.46. The highest BCUT2D eigenvalue weighted by molar-refractivity contribution is 5.99. The van der Waals surface area contributed by atoms with Crippen molar-refractivity contribution in [1.82, 2.24) is 0 Å². The fraction of sp³-hybridized carbons (Fsp3) is 0.0625. The molecule has 10 aromatic rings. The molecule has 1 heteroatoms. The minimum absolute atomic E-state index is 0.111. The van der Waals surface area contributed by atoms with Crippen LogP contribution in [0.3, 0.4) is 0 Å². The van der Waals surface area contributed by atoms with Crippen LogP contribution in [-0.4, -0.2) is 0 Å². The lowest BCUT2D eigenvalue weighted by Gasteiger charge is -2.32. The molecule has 0 amide bonds. The van der Waals surface area contributed by atoms with Gasteiger partial charge >= 0.3 is 0 Å². The van der Waals surface area contributed by atoms with Crippen LogP contribution in [0.5, 0.6) is 0 Å². The molecule has 65 heavy (non-hydrogen) atoms. The van der Waals surface area contributed by atoms with Crippen molar-refractivity contribution in [3.63, 3.8) is 0 Å². The maximum absolute atomic E-state index is 2.42. The fourth-order valence-corrected chi connectivity index (χ4v) is 11.8. The van der Waals surface area contributed by atoms with Crippen molar-refractivity contribution in [2.45, 2.75) is 24.7 Å². The van der Waals surface area contributed by atoms with E-state index >= 15 is 0 Å². The lowest BCUT2D eigenvalue weighted by molar-refractivity contribution is 0.660. The maximum atomic E-state index is 2.42. The summed E-state index contributed by atoms with van der Waals surface area (Å²) >= 11 is 0. The van der Waals surface area contributed by atoms with Crippen molar-refractivity contribution in [1.29, 1.82) is 0 Å². The Morgan fingerprint density at radius 1 is 0.262 bits per heavy atom. The second kappa shape index (κ2) is 14.3. The predicted molar refractivity (Wildman–Crippen MR) is 271 cm³/mol. The van der Waals surface area contributed by atoms with Crippen molar-refractivity contribution in [3.8, 4) is 66.8 Å². The first-order chi connectivity index (χ1) is 32.0. The van der Waals surface area contributed by atoms with Crippen LogP contribution >= 0.6 is 0 Å². The Morgan fingerprint density at radius 2 is 0.677 bits per heavy atom. The summed E-state index contributed by atoms with van der Waals surface area (Å²) < 4.78 is 0. The highest BCUT2D eigenvalue weighted by Crippen LogP contribution is 2.64. The molecule has 306 valence electrons. The van der Waals surface area contributed by atoms with Crippen LogP contribution in [0, 0.1) is 0 Å². The zero-order valence-corrected chi connectivity index (χ0v) is 36.5. The Balaban J connectivity index is 0.918. The molecule has 0 aromatic heterocycles. The normalized spacial score (nSPS) is 13.9. The third-order valence-electron chi connectivity index (χ3n) is 14.7. The van der Waals surface area contributed by atoms with Gasteiger partial charge in [0.1, 0.15) is 0 Å². The first kappa shape index (κ1) is 37.5. The van der Waals surface area contributed by atoms with Crippen molar-refractivity contribution in [2.75, 3.05) is 4.90 Å². The average molecular weight is 828 g/mol. The van der Waals surface area contributed by atoms with Crippen LogP contribution in [-0.2, 0) is 10.8 Å². The zero-order valence-electron chi connectivity index (χ0n) is 36.5. The first-order valence-corrected chi connectivity index (χ1v) is 22.8. The van der Waals surface area contributed by atoms with Gasteiger partial charge in [0.15, 0.2) is 0 Å². The lowest BCUT2D eigenvalue weighted by atomic mass is 9.68. The van der Waals surface area contributed by atoms with E-state index in [9.17, 15) is 0 Å². The molecule has 0 bridgehead atoms. The SMILES string of the molecule is CC1(C)c2ccccc2-c2ccc(N(c3ccc(-c4ccccc4)cc3)c3cccc(-c4ccc(-c5cccc6c5C5(c7ccccc7-c7ccccc75)c5ccccc5-6)cc4)c3)cc21. The van der Waals surface area contributed by atoms with Gasteiger partial charge in [0.25, 0.3) is 0 Å². The summed E-state index contributed by atoms with van der Waals surface area (Å²) in [6.45, 7) is 4.72. The van der Waals surface area contributed by atoms with E-state index in [2.05, 4.69) is 255 Å². The Morgan fingerprint density at radius 3 is 1.34 bits per heavy atom. The number of fused-ring (bicyclic) bond motifs is 13. The summed E-state index contributed by atoms with van der Waals surface area (Å²) in [4.78, 5) is 2.42. The van der Waals surface area contributed by atoms with Gasteiger partial charge in [-0.15, -0.1) is 0 Å². The predicted octanol–water partition coefficient (Wildman–Crippen LogP) is 16.8. The highest BCUT2D eigenvalue weighted by atomic mass is 15.1. The quantitative estimate of drug-likeness (QED) is 0.161. The second-order valence-electron chi connectivity index (χ2n) is 18.4. The summed E-state index contributed by atoms with van der Waals surface area (Å²) in [7, 11) is 0. The topological polar surface area (TPSA) is 3.24 Å². The molecule has 3 aliphatic rings. The van der Waals surface area contributed by atoms with Gasteiger partial charge in [-0.3, -0.25) is 0 Å². The van der Waals surface area contributed by atoms with E-state index in [1.165, 1.54) is 100 Å². The van der Waals surface area contributed by atoms with Gasteiger partial charge in [0, 0.05) is 22.5 Å². The van der Waals surface area contributed by atoms with Crippen LogP contribution in [0.4, 0.5) is 17.1 Å². The zero-order chi connectivity index (χ0) is 43.3. The van der Waals surface area contributed by atoms with Crippen molar-refractivity contribution in [3.05, 3.63) is 270 Å². The number of nitrogens with zero attached hydrogens (tertiary/aromatic N) is 1. The van der Waals surface area contributed by atoms with Gasteiger partial charge in [0.2, 0.25) is 0 Å². The molecule has 13 rings (SSSR count). The number of hydrogen-bond donors (Lipinski definition) is 0. The van der Waals surface area contributed by atoms with Gasteiger partial charge in [-0.05, 0) is 137 Å². The number of hydrogen-bond acceptors (Lipinski definition) is 1. The van der Waals surface area contributed by atoms with E-state index in [0.29, 0.717) is 0 Å². The second-order valence-corrected chi connectivity index (χ2v) is 18.4. The molecule has 3 aliphatic carbocycles. The maximum Gasteiger partial charge on any atom is 0.0731 e. The molecule has 0 atom stereocenters. The van der Waals surface area contributed by atoms with Gasteiger partial charge < -0.3 is 4.90 Å². The molecule has 0 heterocycles. The van der Waals surface area contributed by atoms with Crippen LogP contribution in [0.25, 0.3) is 66.8 Å². The van der Waals surface area contributed by atoms with Crippen LogP contribution < -0.4 is 4.90 Å². The lowest BCUT2D eigenvalue weighted by Crippen LogP contribution is -2.26. The molecule has 0 saturated carbocycles. The minimum atomic E-state index is -0.402. The van der Waals surface area contributed by atoms with Crippen molar-refractivity contribution >= 4 is 17.1 Å². The fourth-order valence-electron chi connectivity index (χ4n) is 11.8. The van der Waals surface area contributed by atoms with Crippen molar-refractivity contribution < 1.29 is 0 Å². The van der Waals surface area contributed by atoms with Gasteiger partial charge in [0.05, 0.1) is 5.41 Å². The first-order valence-electron chi connectivity index (χ1n) is 22.8. The number of benzene rings is 10. The van der Waals surface area contributed by atoms with E-state index in [0.717, 1.165) is 17.1 Å². The molecule has 0 aliphatic heterocycles. The molecule has 1 nitrogen and oxygen atoms in total. The Labute approximate surface area is 381 Å². The number of rotatable bonds is 6. The molecule has 10 aromatic carbocycles. The molecule has 0 unspecified atom stereocenters.